The number of rotatable bonds is 2. The molecule has 0 aliphatic heterocycles. The Kier molecular flexibility index (Phi) is 3.92. The fourth-order valence-electron chi connectivity index (χ4n) is 0.942. The first-order chi connectivity index (χ1) is 6.52. The van der Waals surface area contributed by atoms with Gasteiger partial charge in [0, 0.05) is 18.6 Å². The average Bonchev–Trinajstić information content (AvgIpc) is 2.08. The summed E-state index contributed by atoms with van der Waals surface area (Å²) in [7, 11) is 3.48. The van der Waals surface area contributed by atoms with Crippen LogP contribution < -0.4 is 5.43 Å². The summed E-state index contributed by atoms with van der Waals surface area (Å²) in [6, 6.07) is 5.22. The molecule has 0 unspecified atom stereocenters. The second-order valence-electron chi connectivity index (χ2n) is 2.94. The van der Waals surface area contributed by atoms with E-state index in [1.165, 1.54) is 0 Å². The largest absolute Gasteiger partial charge is 0.285 e. The van der Waals surface area contributed by atoms with Gasteiger partial charge in [-0.25, -0.2) is 5.01 Å². The molecule has 1 N–H and O–H groups in total. The minimum atomic E-state index is -0.221. The summed E-state index contributed by atoms with van der Waals surface area (Å²) in [6.45, 7) is 0. The normalized spacial score (nSPS) is 10.4. The molecule has 0 aliphatic carbocycles. The Labute approximate surface area is 96.1 Å². The number of carbonyl (C=O) groups is 1. The summed E-state index contributed by atoms with van der Waals surface area (Å²) >= 11 is 9.20. The number of hydrogen-bond acceptors (Lipinski definition) is 2. The molecule has 1 aromatic rings. The second-order valence-corrected chi connectivity index (χ2v) is 4.17. The molecule has 0 saturated carbocycles. The van der Waals surface area contributed by atoms with Gasteiger partial charge >= 0.3 is 0 Å². The Morgan fingerprint density at radius 3 is 2.71 bits per heavy atom. The van der Waals surface area contributed by atoms with Gasteiger partial charge in [-0.15, -0.1) is 0 Å². The van der Waals surface area contributed by atoms with Gasteiger partial charge in [0.05, 0.1) is 10.6 Å². The van der Waals surface area contributed by atoms with Gasteiger partial charge in [0.1, 0.15) is 0 Å². The van der Waals surface area contributed by atoms with Crippen LogP contribution >= 0.6 is 27.5 Å². The van der Waals surface area contributed by atoms with Crippen LogP contribution in [0.3, 0.4) is 0 Å². The smallest absolute Gasteiger partial charge is 0.267 e. The lowest BCUT2D eigenvalue weighted by molar-refractivity contribution is 0.0857. The summed E-state index contributed by atoms with van der Waals surface area (Å²) in [5.74, 6) is -0.221. The third kappa shape index (κ3) is 2.70. The maximum absolute atomic E-state index is 11.6. The van der Waals surface area contributed by atoms with Crippen molar-refractivity contribution in [1.82, 2.24) is 10.4 Å². The lowest BCUT2D eigenvalue weighted by atomic mass is 10.2. The van der Waals surface area contributed by atoms with E-state index in [0.29, 0.717) is 15.1 Å². The maximum atomic E-state index is 11.6. The minimum absolute atomic E-state index is 0.221. The number of amides is 1. The molecule has 5 heteroatoms. The number of hydrogen-bond donors (Lipinski definition) is 1. The molecule has 0 heterocycles. The molecule has 1 aromatic carbocycles. The zero-order valence-electron chi connectivity index (χ0n) is 7.84. The minimum Gasteiger partial charge on any atom is -0.285 e. The van der Waals surface area contributed by atoms with Gasteiger partial charge in [0.2, 0.25) is 0 Å². The molecular formula is C9H10BrClN2O. The van der Waals surface area contributed by atoms with Crippen LogP contribution in [-0.2, 0) is 0 Å². The van der Waals surface area contributed by atoms with E-state index in [2.05, 4.69) is 21.4 Å². The molecule has 76 valence electrons. The van der Waals surface area contributed by atoms with Crippen molar-refractivity contribution >= 4 is 33.4 Å². The molecule has 0 aromatic heterocycles. The van der Waals surface area contributed by atoms with Crippen molar-refractivity contribution in [3.05, 3.63) is 33.3 Å². The van der Waals surface area contributed by atoms with Crippen molar-refractivity contribution in [3.63, 3.8) is 0 Å². The Morgan fingerprint density at radius 2 is 2.14 bits per heavy atom. The molecule has 0 aliphatic rings. The van der Waals surface area contributed by atoms with E-state index in [-0.39, 0.29) is 5.91 Å². The van der Waals surface area contributed by atoms with Gasteiger partial charge in [0.15, 0.2) is 0 Å². The third-order valence-electron chi connectivity index (χ3n) is 1.52. The van der Waals surface area contributed by atoms with Crippen LogP contribution in [0.5, 0.6) is 0 Å². The number of benzene rings is 1. The van der Waals surface area contributed by atoms with Crippen LogP contribution in [0.1, 0.15) is 10.4 Å². The van der Waals surface area contributed by atoms with Crippen LogP contribution in [0, 0.1) is 0 Å². The first-order valence-corrected chi connectivity index (χ1v) is 5.12. The number of hydrazine groups is 1. The van der Waals surface area contributed by atoms with Crippen molar-refractivity contribution in [3.8, 4) is 0 Å². The van der Waals surface area contributed by atoms with E-state index in [1.54, 1.807) is 37.3 Å². The predicted octanol–water partition coefficient (Wildman–Crippen LogP) is 2.31. The number of carbonyl (C=O) groups excluding carboxylic acids is 1. The molecule has 14 heavy (non-hydrogen) atoms. The highest BCUT2D eigenvalue weighted by Crippen LogP contribution is 2.25. The Balaban J connectivity index is 2.96. The molecule has 0 saturated heterocycles. The zero-order chi connectivity index (χ0) is 10.7. The highest BCUT2D eigenvalue weighted by Gasteiger charge is 2.12. The van der Waals surface area contributed by atoms with E-state index in [4.69, 9.17) is 11.6 Å². The number of nitrogens with zero attached hydrogens (tertiary/aromatic N) is 1. The quantitative estimate of drug-likeness (QED) is 0.842. The third-order valence-corrected chi connectivity index (χ3v) is 2.82. The highest BCUT2D eigenvalue weighted by molar-refractivity contribution is 9.10. The first-order valence-electron chi connectivity index (χ1n) is 3.94. The lowest BCUT2D eigenvalue weighted by Crippen LogP contribution is -2.36. The van der Waals surface area contributed by atoms with Crippen LogP contribution in [0.15, 0.2) is 22.7 Å². The Hall–Kier alpha value is -0.580. The van der Waals surface area contributed by atoms with Crippen molar-refractivity contribution < 1.29 is 4.79 Å². The van der Waals surface area contributed by atoms with E-state index >= 15 is 0 Å². The molecule has 3 nitrogen and oxygen atoms in total. The van der Waals surface area contributed by atoms with Gasteiger partial charge in [-0.3, -0.25) is 10.2 Å². The summed E-state index contributed by atoms with van der Waals surface area (Å²) < 4.78 is 0.713. The zero-order valence-corrected chi connectivity index (χ0v) is 10.2. The van der Waals surface area contributed by atoms with Gasteiger partial charge in [0.25, 0.3) is 5.91 Å². The lowest BCUT2D eigenvalue weighted by Gasteiger charge is -2.12. The SMILES string of the molecule is CN(C)NC(=O)c1cccc(Br)c1Cl. The molecular weight excluding hydrogens is 267 g/mol. The highest BCUT2D eigenvalue weighted by atomic mass is 79.9. The Bertz CT molecular complexity index is 355. The summed E-state index contributed by atoms with van der Waals surface area (Å²) in [4.78, 5) is 11.6. The second kappa shape index (κ2) is 4.77. The molecule has 0 bridgehead atoms. The summed E-state index contributed by atoms with van der Waals surface area (Å²) in [5.41, 5.74) is 3.07. The molecule has 0 fully saturated rings. The fraction of sp³-hybridized carbons (Fsp3) is 0.222. The predicted molar refractivity (Wildman–Crippen MR) is 60.3 cm³/mol. The van der Waals surface area contributed by atoms with Crippen molar-refractivity contribution in [1.29, 1.82) is 0 Å². The van der Waals surface area contributed by atoms with E-state index in [1.807, 2.05) is 0 Å². The molecule has 1 amide bonds. The average molecular weight is 278 g/mol. The van der Waals surface area contributed by atoms with Crippen LogP contribution in [-0.4, -0.2) is 25.0 Å². The molecule has 0 spiro atoms. The summed E-state index contributed by atoms with van der Waals surface area (Å²) in [6.07, 6.45) is 0. The summed E-state index contributed by atoms with van der Waals surface area (Å²) in [5, 5.41) is 1.99. The van der Waals surface area contributed by atoms with E-state index < -0.39 is 0 Å². The number of halogens is 2. The fourth-order valence-corrected chi connectivity index (χ4v) is 1.52. The maximum Gasteiger partial charge on any atom is 0.267 e. The number of nitrogens with one attached hydrogen (secondary N) is 1. The first kappa shape index (κ1) is 11.5. The van der Waals surface area contributed by atoms with E-state index in [9.17, 15) is 4.79 Å². The molecule has 0 atom stereocenters. The van der Waals surface area contributed by atoms with Gasteiger partial charge in [-0.2, -0.15) is 0 Å². The van der Waals surface area contributed by atoms with Crippen molar-refractivity contribution in [2.24, 2.45) is 0 Å². The van der Waals surface area contributed by atoms with Crippen molar-refractivity contribution in [2.75, 3.05) is 14.1 Å². The topological polar surface area (TPSA) is 32.3 Å². The van der Waals surface area contributed by atoms with Crippen LogP contribution in [0.25, 0.3) is 0 Å². The van der Waals surface area contributed by atoms with Gasteiger partial charge in [-0.05, 0) is 28.1 Å². The van der Waals surface area contributed by atoms with Crippen LogP contribution in [0.2, 0.25) is 5.02 Å². The molecule has 0 radical (unpaired) electrons. The van der Waals surface area contributed by atoms with Gasteiger partial charge in [-0.1, -0.05) is 17.7 Å². The standard InChI is InChI=1S/C9H10BrClN2O/c1-13(2)12-9(14)6-4-3-5-7(10)8(6)11/h3-5H,1-2H3,(H,12,14). The van der Waals surface area contributed by atoms with Crippen molar-refractivity contribution in [2.45, 2.75) is 0 Å². The Morgan fingerprint density at radius 1 is 1.50 bits per heavy atom. The molecule has 1 rings (SSSR count). The van der Waals surface area contributed by atoms with Gasteiger partial charge < -0.3 is 0 Å². The van der Waals surface area contributed by atoms with E-state index in [0.717, 1.165) is 0 Å². The van der Waals surface area contributed by atoms with Crippen LogP contribution in [0.4, 0.5) is 0 Å². The monoisotopic (exact) mass is 276 g/mol.